The summed E-state index contributed by atoms with van der Waals surface area (Å²) in [5, 5.41) is 3.59. The second-order valence-electron chi connectivity index (χ2n) is 6.48. The Kier molecular flexibility index (Phi) is 4.14. The van der Waals surface area contributed by atoms with Gasteiger partial charge < -0.3 is 14.7 Å². The Morgan fingerprint density at radius 2 is 2.04 bits per heavy atom. The van der Waals surface area contributed by atoms with E-state index in [9.17, 15) is 13.6 Å². The maximum Gasteiger partial charge on any atom is 0.307 e. The highest BCUT2D eigenvalue weighted by Crippen LogP contribution is 2.27. The molecule has 2 N–H and O–H groups in total. The van der Waals surface area contributed by atoms with Crippen LogP contribution in [0.1, 0.15) is 27.5 Å². The molecule has 2 aromatic heterocycles. The number of aryl methyl sites for hydroxylation is 2. The first-order valence-corrected chi connectivity index (χ1v) is 8.54. The normalized spacial score (nSPS) is 11.4. The van der Waals surface area contributed by atoms with Crippen LogP contribution in [0.2, 0.25) is 0 Å². The van der Waals surface area contributed by atoms with E-state index in [0.717, 1.165) is 22.2 Å². The third kappa shape index (κ3) is 3.05. The van der Waals surface area contributed by atoms with Crippen LogP contribution in [0.15, 0.2) is 34.7 Å². The lowest BCUT2D eigenvalue weighted by Crippen LogP contribution is -2.26. The number of H-pyrrole nitrogens is 1. The van der Waals surface area contributed by atoms with E-state index in [1.165, 1.54) is 24.3 Å². The number of fused-ring (bicyclic) bond motifs is 2. The van der Waals surface area contributed by atoms with Crippen molar-refractivity contribution in [2.24, 2.45) is 0 Å². The Bertz CT molecular complexity index is 1180. The molecule has 0 unspecified atom stereocenters. The van der Waals surface area contributed by atoms with Crippen molar-refractivity contribution in [3.8, 4) is 0 Å². The molecule has 0 atom stereocenters. The van der Waals surface area contributed by atoms with E-state index < -0.39 is 11.7 Å². The van der Waals surface area contributed by atoms with Crippen molar-refractivity contribution in [2.75, 3.05) is 6.54 Å². The van der Waals surface area contributed by atoms with Crippen molar-refractivity contribution in [2.45, 2.75) is 20.3 Å². The molecule has 0 aliphatic heterocycles. The average molecular weight is 369 g/mol. The van der Waals surface area contributed by atoms with Crippen molar-refractivity contribution >= 4 is 27.9 Å². The third-order valence-electron chi connectivity index (χ3n) is 4.64. The van der Waals surface area contributed by atoms with Crippen molar-refractivity contribution in [1.82, 2.24) is 15.3 Å². The number of oxazole rings is 1. The Morgan fingerprint density at radius 3 is 2.85 bits per heavy atom. The maximum absolute atomic E-state index is 14.0. The quantitative estimate of drug-likeness (QED) is 0.567. The fraction of sp³-hybridized carbons (Fsp3) is 0.200. The van der Waals surface area contributed by atoms with Crippen LogP contribution in [0.25, 0.3) is 22.0 Å². The number of aromatic amines is 1. The minimum absolute atomic E-state index is 0.117. The molecule has 0 saturated carbocycles. The summed E-state index contributed by atoms with van der Waals surface area (Å²) in [4.78, 5) is 19.4. The van der Waals surface area contributed by atoms with E-state index >= 15 is 0 Å². The molecule has 0 aliphatic rings. The standard InChI is InChI=1S/C20H17F2N3O2/c1-10-3-5-14(22)18-17(10)13(11(2)24-18)7-8-23-19(26)20-25-15-6-4-12(21)9-16(15)27-20/h3-6,9,24H,7-8H2,1-2H3,(H,23,26). The Hall–Kier alpha value is -3.22. The molecule has 1 amide bonds. The van der Waals surface area contributed by atoms with E-state index in [0.29, 0.717) is 24.0 Å². The number of nitrogens with one attached hydrogen (secondary N) is 2. The molecule has 0 saturated heterocycles. The van der Waals surface area contributed by atoms with Gasteiger partial charge in [0.15, 0.2) is 5.58 Å². The first-order valence-electron chi connectivity index (χ1n) is 8.54. The van der Waals surface area contributed by atoms with E-state index in [-0.39, 0.29) is 17.3 Å². The number of rotatable bonds is 4. The van der Waals surface area contributed by atoms with Gasteiger partial charge in [-0.25, -0.2) is 13.8 Å². The van der Waals surface area contributed by atoms with Gasteiger partial charge in [0.05, 0.1) is 5.52 Å². The van der Waals surface area contributed by atoms with Gasteiger partial charge in [0.25, 0.3) is 5.89 Å². The highest BCUT2D eigenvalue weighted by atomic mass is 19.1. The van der Waals surface area contributed by atoms with Crippen molar-refractivity contribution in [3.63, 3.8) is 0 Å². The molecule has 0 fully saturated rings. The second-order valence-corrected chi connectivity index (χ2v) is 6.48. The summed E-state index contributed by atoms with van der Waals surface area (Å²) in [6.07, 6.45) is 0.525. The molecule has 7 heteroatoms. The van der Waals surface area contributed by atoms with Crippen molar-refractivity contribution in [3.05, 3.63) is 64.7 Å². The fourth-order valence-electron chi connectivity index (χ4n) is 3.33. The average Bonchev–Trinajstić information content (AvgIpc) is 3.20. The van der Waals surface area contributed by atoms with Crippen LogP contribution in [0.5, 0.6) is 0 Å². The summed E-state index contributed by atoms with van der Waals surface area (Å²) in [5.74, 6) is -1.35. The molecule has 0 bridgehead atoms. The van der Waals surface area contributed by atoms with Gasteiger partial charge in [-0.2, -0.15) is 0 Å². The summed E-state index contributed by atoms with van der Waals surface area (Å²) in [6, 6.07) is 7.08. The number of halogens is 2. The summed E-state index contributed by atoms with van der Waals surface area (Å²) in [5.41, 5.74) is 3.92. The summed E-state index contributed by atoms with van der Waals surface area (Å²) in [6.45, 7) is 4.13. The van der Waals surface area contributed by atoms with E-state index in [4.69, 9.17) is 4.42 Å². The van der Waals surface area contributed by atoms with Crippen LogP contribution >= 0.6 is 0 Å². The highest BCUT2D eigenvalue weighted by molar-refractivity contribution is 5.92. The molecule has 2 aromatic carbocycles. The Labute approximate surface area is 153 Å². The smallest absolute Gasteiger partial charge is 0.307 e. The first kappa shape index (κ1) is 17.2. The zero-order chi connectivity index (χ0) is 19.1. The predicted octanol–water partition coefficient (Wildman–Crippen LogP) is 4.18. The monoisotopic (exact) mass is 369 g/mol. The van der Waals surface area contributed by atoms with Gasteiger partial charge in [0, 0.05) is 23.7 Å². The molecule has 0 spiro atoms. The SMILES string of the molecule is Cc1[nH]c2c(F)ccc(C)c2c1CCNC(=O)c1nc2ccc(F)cc2o1. The number of amides is 1. The number of nitrogens with zero attached hydrogens (tertiary/aromatic N) is 1. The number of aromatic nitrogens is 2. The number of carbonyl (C=O) groups is 1. The zero-order valence-electron chi connectivity index (χ0n) is 14.8. The van der Waals surface area contributed by atoms with Crippen molar-refractivity contribution < 1.29 is 18.0 Å². The third-order valence-corrected chi connectivity index (χ3v) is 4.64. The molecule has 138 valence electrons. The molecule has 4 rings (SSSR count). The predicted molar refractivity (Wildman–Crippen MR) is 97.7 cm³/mol. The fourth-order valence-corrected chi connectivity index (χ4v) is 3.33. The van der Waals surface area contributed by atoms with Crippen LogP contribution in [0.4, 0.5) is 8.78 Å². The first-order chi connectivity index (χ1) is 12.9. The lowest BCUT2D eigenvalue weighted by molar-refractivity contribution is 0.0921. The molecule has 27 heavy (non-hydrogen) atoms. The van der Waals surface area contributed by atoms with Crippen LogP contribution < -0.4 is 5.32 Å². The number of hydrogen-bond donors (Lipinski definition) is 2. The van der Waals surface area contributed by atoms with Gasteiger partial charge >= 0.3 is 5.91 Å². The maximum atomic E-state index is 14.0. The molecular formula is C20H17F2N3O2. The van der Waals surface area contributed by atoms with E-state index in [2.05, 4.69) is 15.3 Å². The van der Waals surface area contributed by atoms with Crippen LogP contribution in [-0.4, -0.2) is 22.4 Å². The van der Waals surface area contributed by atoms with Crippen LogP contribution in [-0.2, 0) is 6.42 Å². The molecular weight excluding hydrogens is 352 g/mol. The summed E-state index contributed by atoms with van der Waals surface area (Å²) >= 11 is 0. The Balaban J connectivity index is 1.51. The lowest BCUT2D eigenvalue weighted by Gasteiger charge is -2.05. The van der Waals surface area contributed by atoms with Crippen LogP contribution in [0, 0.1) is 25.5 Å². The van der Waals surface area contributed by atoms with E-state index in [1.807, 2.05) is 13.8 Å². The minimum atomic E-state index is -0.480. The van der Waals surface area contributed by atoms with Gasteiger partial charge in [-0.1, -0.05) is 6.07 Å². The van der Waals surface area contributed by atoms with Gasteiger partial charge in [-0.3, -0.25) is 4.79 Å². The van der Waals surface area contributed by atoms with Crippen molar-refractivity contribution in [1.29, 1.82) is 0 Å². The Morgan fingerprint density at radius 1 is 1.22 bits per heavy atom. The van der Waals surface area contributed by atoms with Crippen LogP contribution in [0.3, 0.4) is 0 Å². The largest absolute Gasteiger partial charge is 0.432 e. The summed E-state index contributed by atoms with van der Waals surface area (Å²) < 4.78 is 32.5. The lowest BCUT2D eigenvalue weighted by atomic mass is 10.0. The topological polar surface area (TPSA) is 70.9 Å². The second kappa shape index (κ2) is 6.50. The van der Waals surface area contributed by atoms with Gasteiger partial charge in [0.1, 0.15) is 17.2 Å². The molecule has 0 aliphatic carbocycles. The minimum Gasteiger partial charge on any atom is -0.432 e. The van der Waals surface area contributed by atoms with E-state index in [1.54, 1.807) is 6.07 Å². The van der Waals surface area contributed by atoms with Gasteiger partial charge in [-0.15, -0.1) is 0 Å². The zero-order valence-corrected chi connectivity index (χ0v) is 14.8. The molecule has 2 heterocycles. The number of benzene rings is 2. The highest BCUT2D eigenvalue weighted by Gasteiger charge is 2.17. The molecule has 5 nitrogen and oxygen atoms in total. The number of hydrogen-bond acceptors (Lipinski definition) is 3. The number of carbonyl (C=O) groups excluding carboxylic acids is 1. The van der Waals surface area contributed by atoms with Gasteiger partial charge in [-0.05, 0) is 49.6 Å². The molecule has 4 aromatic rings. The summed E-state index contributed by atoms with van der Waals surface area (Å²) in [7, 11) is 0. The molecule has 0 radical (unpaired) electrons. The van der Waals surface area contributed by atoms with Gasteiger partial charge in [0.2, 0.25) is 0 Å².